The summed E-state index contributed by atoms with van der Waals surface area (Å²) in [6.07, 6.45) is -0.201. The van der Waals surface area contributed by atoms with Gasteiger partial charge in [-0.3, -0.25) is 4.79 Å². The molecule has 4 heteroatoms. The number of aliphatic hydroxyl groups is 1. The zero-order valence-electron chi connectivity index (χ0n) is 5.01. The second kappa shape index (κ2) is 4.82. The van der Waals surface area contributed by atoms with Gasteiger partial charge in [0, 0.05) is 0 Å². The summed E-state index contributed by atoms with van der Waals surface area (Å²) in [5.41, 5.74) is -1.08. The number of carboxylic acid groups (broad SMARTS) is 1. The number of hydrogen-bond donors (Lipinski definition) is 2. The SMILES string of the molecule is CC(C)(O)CC(=O)O.[KH]. The molecule has 0 bridgehead atoms. The Hall–Kier alpha value is 1.07. The summed E-state index contributed by atoms with van der Waals surface area (Å²) in [5.74, 6) is -0.975. The van der Waals surface area contributed by atoms with E-state index in [0.29, 0.717) is 0 Å². The molecular weight excluding hydrogens is 147 g/mol. The van der Waals surface area contributed by atoms with Gasteiger partial charge in [0.1, 0.15) is 0 Å². The van der Waals surface area contributed by atoms with Gasteiger partial charge >= 0.3 is 57.4 Å². The number of carboxylic acids is 1. The van der Waals surface area contributed by atoms with Crippen LogP contribution >= 0.6 is 0 Å². The van der Waals surface area contributed by atoms with Gasteiger partial charge in [-0.1, -0.05) is 0 Å². The molecule has 0 rings (SSSR count). The van der Waals surface area contributed by atoms with E-state index in [2.05, 4.69) is 0 Å². The molecule has 0 amide bonds. The summed E-state index contributed by atoms with van der Waals surface area (Å²) in [6.45, 7) is 2.92. The van der Waals surface area contributed by atoms with E-state index in [1.165, 1.54) is 13.8 Å². The van der Waals surface area contributed by atoms with E-state index in [1.807, 2.05) is 0 Å². The van der Waals surface area contributed by atoms with E-state index in [0.717, 1.165) is 0 Å². The molecule has 0 aromatic carbocycles. The predicted molar refractivity (Wildman–Crippen MR) is 35.7 cm³/mol. The van der Waals surface area contributed by atoms with E-state index in [-0.39, 0.29) is 57.8 Å². The summed E-state index contributed by atoms with van der Waals surface area (Å²) in [5, 5.41) is 16.9. The van der Waals surface area contributed by atoms with Crippen LogP contribution in [0, 0.1) is 0 Å². The fourth-order valence-electron chi connectivity index (χ4n) is 0.370. The molecule has 0 aromatic heterocycles. The molecule has 3 nitrogen and oxygen atoms in total. The molecule has 0 aromatic rings. The van der Waals surface area contributed by atoms with Gasteiger partial charge in [0.15, 0.2) is 0 Å². The third-order valence-corrected chi connectivity index (χ3v) is 0.584. The van der Waals surface area contributed by atoms with Crippen molar-refractivity contribution in [2.75, 3.05) is 0 Å². The van der Waals surface area contributed by atoms with Gasteiger partial charge in [-0.2, -0.15) is 0 Å². The topological polar surface area (TPSA) is 57.5 Å². The first-order chi connectivity index (χ1) is 3.42. The zero-order valence-corrected chi connectivity index (χ0v) is 5.01. The first-order valence-electron chi connectivity index (χ1n) is 2.36. The molecule has 50 valence electrons. The van der Waals surface area contributed by atoms with Gasteiger partial charge in [-0.25, -0.2) is 0 Å². The van der Waals surface area contributed by atoms with E-state index < -0.39 is 11.6 Å². The van der Waals surface area contributed by atoms with E-state index in [9.17, 15) is 4.79 Å². The summed E-state index contributed by atoms with van der Waals surface area (Å²) in [4.78, 5) is 9.85. The van der Waals surface area contributed by atoms with Crippen LogP contribution in [-0.2, 0) is 4.79 Å². The van der Waals surface area contributed by atoms with Crippen molar-refractivity contribution in [2.45, 2.75) is 25.9 Å². The van der Waals surface area contributed by atoms with Crippen LogP contribution in [-0.4, -0.2) is 73.2 Å². The molecule has 0 aliphatic rings. The third-order valence-electron chi connectivity index (χ3n) is 0.584. The Morgan fingerprint density at radius 3 is 1.89 bits per heavy atom. The summed E-state index contributed by atoms with van der Waals surface area (Å²) >= 11 is 0. The second-order valence-corrected chi connectivity index (χ2v) is 2.38. The normalized spacial score (nSPS) is 10.1. The van der Waals surface area contributed by atoms with E-state index in [4.69, 9.17) is 10.2 Å². The van der Waals surface area contributed by atoms with Crippen LogP contribution in [0.2, 0.25) is 0 Å². The molecule has 0 heterocycles. The fraction of sp³-hybridized carbons (Fsp3) is 0.800. The molecule has 0 radical (unpaired) electrons. The van der Waals surface area contributed by atoms with Gasteiger partial charge in [0.05, 0.1) is 12.0 Å². The molecule has 0 aliphatic carbocycles. The third kappa shape index (κ3) is 12.3. The molecule has 0 aliphatic heterocycles. The first-order valence-corrected chi connectivity index (χ1v) is 2.36. The standard InChI is InChI=1S/C5H10O3.K.H/c1-5(2,8)3-4(6)7;;/h8H,3H2,1-2H3,(H,6,7);;. The number of aliphatic carboxylic acids is 1. The van der Waals surface area contributed by atoms with Crippen LogP contribution in [0.25, 0.3) is 0 Å². The van der Waals surface area contributed by atoms with Crippen LogP contribution in [0.4, 0.5) is 0 Å². The Kier molecular flexibility index (Phi) is 6.81. The van der Waals surface area contributed by atoms with Gasteiger partial charge < -0.3 is 10.2 Å². The van der Waals surface area contributed by atoms with Crippen LogP contribution in [0.1, 0.15) is 20.3 Å². The molecular formula is C5H11KO3. The molecule has 0 unspecified atom stereocenters. The molecule has 0 fully saturated rings. The van der Waals surface area contributed by atoms with Crippen molar-refractivity contribution in [3.05, 3.63) is 0 Å². The van der Waals surface area contributed by atoms with Gasteiger partial charge in [0.25, 0.3) is 0 Å². The molecule has 9 heavy (non-hydrogen) atoms. The van der Waals surface area contributed by atoms with Crippen molar-refractivity contribution >= 4 is 57.4 Å². The maximum atomic E-state index is 9.85. The monoisotopic (exact) mass is 158 g/mol. The molecule has 0 saturated heterocycles. The minimum absolute atomic E-state index is 0. The van der Waals surface area contributed by atoms with Crippen LogP contribution in [0.5, 0.6) is 0 Å². The first kappa shape index (κ1) is 12.7. The number of carbonyl (C=O) groups is 1. The number of rotatable bonds is 2. The Labute approximate surface area is 96.9 Å². The van der Waals surface area contributed by atoms with Crippen LogP contribution in [0.15, 0.2) is 0 Å². The predicted octanol–water partition coefficient (Wildman–Crippen LogP) is -0.417. The van der Waals surface area contributed by atoms with Gasteiger partial charge in [-0.05, 0) is 13.8 Å². The summed E-state index contributed by atoms with van der Waals surface area (Å²) < 4.78 is 0. The average Bonchev–Trinajstić information content (AvgIpc) is 1.21. The van der Waals surface area contributed by atoms with Crippen LogP contribution < -0.4 is 0 Å². The average molecular weight is 158 g/mol. The maximum absolute atomic E-state index is 9.85. The molecule has 0 spiro atoms. The van der Waals surface area contributed by atoms with Crippen molar-refractivity contribution in [2.24, 2.45) is 0 Å². The van der Waals surface area contributed by atoms with E-state index in [1.54, 1.807) is 0 Å². The van der Waals surface area contributed by atoms with E-state index >= 15 is 0 Å². The van der Waals surface area contributed by atoms with Crippen LogP contribution in [0.3, 0.4) is 0 Å². The van der Waals surface area contributed by atoms with Gasteiger partial charge in [-0.15, -0.1) is 0 Å². The Bertz CT molecular complexity index is 94.9. The Balaban J connectivity index is 0. The van der Waals surface area contributed by atoms with Crippen molar-refractivity contribution in [3.8, 4) is 0 Å². The van der Waals surface area contributed by atoms with Crippen molar-refractivity contribution < 1.29 is 15.0 Å². The molecule has 0 atom stereocenters. The summed E-state index contributed by atoms with van der Waals surface area (Å²) in [7, 11) is 0. The van der Waals surface area contributed by atoms with Crippen molar-refractivity contribution in [3.63, 3.8) is 0 Å². The van der Waals surface area contributed by atoms with Crippen molar-refractivity contribution in [1.29, 1.82) is 0 Å². The van der Waals surface area contributed by atoms with Gasteiger partial charge in [0.2, 0.25) is 0 Å². The minimum atomic E-state index is -1.08. The fourth-order valence-corrected chi connectivity index (χ4v) is 0.370. The Morgan fingerprint density at radius 1 is 1.56 bits per heavy atom. The Morgan fingerprint density at radius 2 is 1.89 bits per heavy atom. The zero-order chi connectivity index (χ0) is 6.78. The molecule has 0 saturated carbocycles. The second-order valence-electron chi connectivity index (χ2n) is 2.38. The summed E-state index contributed by atoms with van der Waals surface area (Å²) in [6, 6.07) is 0. The number of hydrogen-bond acceptors (Lipinski definition) is 2. The quantitative estimate of drug-likeness (QED) is 0.537. The van der Waals surface area contributed by atoms with Crippen molar-refractivity contribution in [1.82, 2.24) is 0 Å². The molecule has 2 N–H and O–H groups in total.